The summed E-state index contributed by atoms with van der Waals surface area (Å²) in [6.45, 7) is 4.29. The van der Waals surface area contributed by atoms with Crippen molar-refractivity contribution in [2.45, 2.75) is 46.0 Å². The molecule has 1 aliphatic carbocycles. The zero-order valence-corrected chi connectivity index (χ0v) is 7.97. The first kappa shape index (κ1) is 9.56. The molecule has 1 N–H and O–H groups in total. The molecule has 0 aromatic heterocycles. The maximum Gasteiger partial charge on any atom is 0.303 e. The van der Waals surface area contributed by atoms with E-state index < -0.39 is 5.97 Å². The number of aliphatic carboxylic acids is 1. The van der Waals surface area contributed by atoms with Gasteiger partial charge in [0.25, 0.3) is 0 Å². The van der Waals surface area contributed by atoms with Gasteiger partial charge in [-0.3, -0.25) is 4.79 Å². The highest BCUT2D eigenvalue weighted by Crippen LogP contribution is 2.46. The van der Waals surface area contributed by atoms with Crippen LogP contribution in [-0.2, 0) is 4.79 Å². The van der Waals surface area contributed by atoms with Crippen LogP contribution in [0.1, 0.15) is 46.0 Å². The Morgan fingerprint density at radius 3 is 2.25 bits per heavy atom. The van der Waals surface area contributed by atoms with Crippen LogP contribution in [0.3, 0.4) is 0 Å². The van der Waals surface area contributed by atoms with E-state index in [1.165, 1.54) is 12.8 Å². The van der Waals surface area contributed by atoms with Crippen LogP contribution in [0.15, 0.2) is 0 Å². The van der Waals surface area contributed by atoms with E-state index in [1.807, 2.05) is 0 Å². The van der Waals surface area contributed by atoms with Gasteiger partial charge in [-0.15, -0.1) is 0 Å². The highest BCUT2D eigenvalue weighted by molar-refractivity contribution is 5.67. The summed E-state index contributed by atoms with van der Waals surface area (Å²) in [4.78, 5) is 10.7. The number of carboxylic acids is 1. The molecule has 0 radical (unpaired) electrons. The summed E-state index contributed by atoms with van der Waals surface area (Å²) >= 11 is 0. The fourth-order valence-electron chi connectivity index (χ4n) is 2.34. The van der Waals surface area contributed by atoms with Crippen molar-refractivity contribution < 1.29 is 9.90 Å². The molecular formula is C10H18O2. The average molecular weight is 170 g/mol. The standard InChI is InChI=1S/C10H18O2/c1-8(2)10(7-9(11)12)5-3-4-6-10/h8H,3-7H2,1-2H3,(H,11,12). The van der Waals surface area contributed by atoms with E-state index in [2.05, 4.69) is 13.8 Å². The molecule has 0 amide bonds. The van der Waals surface area contributed by atoms with E-state index in [9.17, 15) is 4.79 Å². The molecule has 0 aliphatic heterocycles. The maximum atomic E-state index is 10.7. The van der Waals surface area contributed by atoms with E-state index in [-0.39, 0.29) is 5.41 Å². The van der Waals surface area contributed by atoms with Crippen LogP contribution in [0, 0.1) is 11.3 Å². The second-order valence-corrected chi connectivity index (χ2v) is 4.29. The van der Waals surface area contributed by atoms with Gasteiger partial charge in [-0.2, -0.15) is 0 Å². The lowest BCUT2D eigenvalue weighted by atomic mass is 9.73. The lowest BCUT2D eigenvalue weighted by Crippen LogP contribution is -2.26. The Balaban J connectivity index is 2.65. The molecule has 0 saturated heterocycles. The summed E-state index contributed by atoms with van der Waals surface area (Å²) in [5.74, 6) is -0.123. The first-order valence-electron chi connectivity index (χ1n) is 4.79. The van der Waals surface area contributed by atoms with Crippen molar-refractivity contribution >= 4 is 5.97 Å². The molecule has 2 heteroatoms. The van der Waals surface area contributed by atoms with Gasteiger partial charge in [-0.1, -0.05) is 26.7 Å². The summed E-state index contributed by atoms with van der Waals surface area (Å²) < 4.78 is 0. The fourth-order valence-corrected chi connectivity index (χ4v) is 2.34. The molecule has 2 nitrogen and oxygen atoms in total. The third-order valence-corrected chi connectivity index (χ3v) is 3.33. The Morgan fingerprint density at radius 2 is 1.92 bits per heavy atom. The zero-order valence-electron chi connectivity index (χ0n) is 7.97. The summed E-state index contributed by atoms with van der Waals surface area (Å²) in [5, 5.41) is 8.79. The average Bonchev–Trinajstić information content (AvgIpc) is 2.35. The zero-order chi connectivity index (χ0) is 9.19. The van der Waals surface area contributed by atoms with E-state index in [1.54, 1.807) is 0 Å². The normalized spacial score (nSPS) is 21.6. The van der Waals surface area contributed by atoms with Gasteiger partial charge in [0.05, 0.1) is 6.42 Å². The Labute approximate surface area is 74.0 Å². The second-order valence-electron chi connectivity index (χ2n) is 4.29. The third-order valence-electron chi connectivity index (χ3n) is 3.33. The van der Waals surface area contributed by atoms with Gasteiger partial charge < -0.3 is 5.11 Å². The number of rotatable bonds is 3. The molecule has 12 heavy (non-hydrogen) atoms. The lowest BCUT2D eigenvalue weighted by Gasteiger charge is -2.31. The van der Waals surface area contributed by atoms with E-state index in [0.717, 1.165) is 12.8 Å². The lowest BCUT2D eigenvalue weighted by molar-refractivity contribution is -0.140. The Kier molecular flexibility index (Phi) is 2.76. The quantitative estimate of drug-likeness (QED) is 0.707. The van der Waals surface area contributed by atoms with Crippen LogP contribution in [0.25, 0.3) is 0 Å². The minimum Gasteiger partial charge on any atom is -0.481 e. The molecule has 70 valence electrons. The van der Waals surface area contributed by atoms with Gasteiger partial charge in [0.1, 0.15) is 0 Å². The van der Waals surface area contributed by atoms with Gasteiger partial charge in [-0.25, -0.2) is 0 Å². The van der Waals surface area contributed by atoms with Gasteiger partial charge in [-0.05, 0) is 24.2 Å². The smallest absolute Gasteiger partial charge is 0.303 e. The molecule has 0 aromatic carbocycles. The summed E-state index contributed by atoms with van der Waals surface area (Å²) in [6, 6.07) is 0. The van der Waals surface area contributed by atoms with E-state index in [0.29, 0.717) is 12.3 Å². The molecule has 0 heterocycles. The molecule has 1 aliphatic rings. The predicted molar refractivity (Wildman–Crippen MR) is 48.0 cm³/mol. The van der Waals surface area contributed by atoms with Gasteiger partial charge in [0, 0.05) is 0 Å². The monoisotopic (exact) mass is 170 g/mol. The minimum absolute atomic E-state index is 0.117. The first-order valence-corrected chi connectivity index (χ1v) is 4.79. The van der Waals surface area contributed by atoms with Crippen LogP contribution < -0.4 is 0 Å². The molecule has 0 spiro atoms. The van der Waals surface area contributed by atoms with Crippen molar-refractivity contribution in [1.29, 1.82) is 0 Å². The number of carboxylic acid groups (broad SMARTS) is 1. The van der Waals surface area contributed by atoms with E-state index >= 15 is 0 Å². The third kappa shape index (κ3) is 1.79. The molecular weight excluding hydrogens is 152 g/mol. The van der Waals surface area contributed by atoms with Crippen LogP contribution in [0.2, 0.25) is 0 Å². The Hall–Kier alpha value is -0.530. The van der Waals surface area contributed by atoms with Crippen molar-refractivity contribution in [3.8, 4) is 0 Å². The van der Waals surface area contributed by atoms with E-state index in [4.69, 9.17) is 5.11 Å². The summed E-state index contributed by atoms with van der Waals surface area (Å²) in [7, 11) is 0. The highest BCUT2D eigenvalue weighted by Gasteiger charge is 2.38. The van der Waals surface area contributed by atoms with Crippen LogP contribution >= 0.6 is 0 Å². The summed E-state index contributed by atoms with van der Waals surface area (Å²) in [6.07, 6.45) is 5.01. The summed E-state index contributed by atoms with van der Waals surface area (Å²) in [5.41, 5.74) is 0.117. The topological polar surface area (TPSA) is 37.3 Å². The second kappa shape index (κ2) is 3.46. The van der Waals surface area contributed by atoms with Crippen LogP contribution in [0.5, 0.6) is 0 Å². The SMILES string of the molecule is CC(C)C1(CC(=O)O)CCCC1. The first-order chi connectivity index (χ1) is 5.57. The van der Waals surface area contributed by atoms with Crippen molar-refractivity contribution in [3.63, 3.8) is 0 Å². The molecule has 1 fully saturated rings. The number of carbonyl (C=O) groups is 1. The molecule has 1 saturated carbocycles. The number of hydrogen-bond donors (Lipinski definition) is 1. The van der Waals surface area contributed by atoms with Crippen molar-refractivity contribution in [3.05, 3.63) is 0 Å². The molecule has 0 atom stereocenters. The highest BCUT2D eigenvalue weighted by atomic mass is 16.4. The molecule has 0 bridgehead atoms. The van der Waals surface area contributed by atoms with Crippen LogP contribution in [-0.4, -0.2) is 11.1 Å². The number of hydrogen-bond acceptors (Lipinski definition) is 1. The van der Waals surface area contributed by atoms with Gasteiger partial charge in [0.15, 0.2) is 0 Å². The van der Waals surface area contributed by atoms with Crippen LogP contribution in [0.4, 0.5) is 0 Å². The van der Waals surface area contributed by atoms with Crippen molar-refractivity contribution in [1.82, 2.24) is 0 Å². The predicted octanol–water partition coefficient (Wildman–Crippen LogP) is 2.68. The molecule has 1 rings (SSSR count). The Bertz CT molecular complexity index is 167. The molecule has 0 aromatic rings. The minimum atomic E-state index is -0.634. The largest absolute Gasteiger partial charge is 0.481 e. The maximum absolute atomic E-state index is 10.7. The Morgan fingerprint density at radius 1 is 1.42 bits per heavy atom. The fraction of sp³-hybridized carbons (Fsp3) is 0.900. The van der Waals surface area contributed by atoms with Gasteiger partial charge in [0.2, 0.25) is 0 Å². The van der Waals surface area contributed by atoms with Crippen molar-refractivity contribution in [2.75, 3.05) is 0 Å². The van der Waals surface area contributed by atoms with Crippen molar-refractivity contribution in [2.24, 2.45) is 11.3 Å². The molecule has 0 unspecified atom stereocenters. The van der Waals surface area contributed by atoms with Gasteiger partial charge >= 0.3 is 5.97 Å².